The maximum atomic E-state index is 13.8. The van der Waals surface area contributed by atoms with Crippen molar-refractivity contribution < 1.29 is 13.9 Å². The Morgan fingerprint density at radius 2 is 2.18 bits per heavy atom. The zero-order valence-electron chi connectivity index (χ0n) is 15.2. The van der Waals surface area contributed by atoms with Crippen molar-refractivity contribution in [1.29, 1.82) is 0 Å². The summed E-state index contributed by atoms with van der Waals surface area (Å²) in [4.78, 5) is 34.0. The van der Waals surface area contributed by atoms with Crippen molar-refractivity contribution in [3.63, 3.8) is 0 Å². The monoisotopic (exact) mass is 381 g/mol. The molecule has 3 heterocycles. The smallest absolute Gasteiger partial charge is 0.255 e. The average molecular weight is 381 g/mol. The van der Waals surface area contributed by atoms with Gasteiger partial charge >= 0.3 is 0 Å². The van der Waals surface area contributed by atoms with Crippen molar-refractivity contribution in [3.8, 4) is 0 Å². The zero-order chi connectivity index (χ0) is 19.5. The number of nitrogens with one attached hydrogen (secondary N) is 1. The van der Waals surface area contributed by atoms with Crippen molar-refractivity contribution in [2.45, 2.75) is 25.5 Å². The summed E-state index contributed by atoms with van der Waals surface area (Å²) in [6.07, 6.45) is 3.44. The van der Waals surface area contributed by atoms with E-state index in [9.17, 15) is 14.0 Å². The maximum Gasteiger partial charge on any atom is 0.255 e. The van der Waals surface area contributed by atoms with Crippen LogP contribution in [0.25, 0.3) is 10.9 Å². The first-order chi connectivity index (χ1) is 13.6. The number of carbonyl (C=O) groups excluding carboxylic acids is 1. The Labute approximate surface area is 161 Å². The third-order valence-corrected chi connectivity index (χ3v) is 4.85. The number of halogens is 1. The van der Waals surface area contributed by atoms with Gasteiger partial charge in [-0.3, -0.25) is 14.6 Å². The molecule has 4 rings (SSSR count). The van der Waals surface area contributed by atoms with Crippen molar-refractivity contribution in [2.75, 3.05) is 13.2 Å². The van der Waals surface area contributed by atoms with Crippen molar-refractivity contribution in [2.24, 2.45) is 0 Å². The molecule has 0 aliphatic carbocycles. The van der Waals surface area contributed by atoms with Crippen LogP contribution < -0.4 is 5.56 Å². The minimum Gasteiger partial charge on any atom is -0.376 e. The number of rotatable bonds is 5. The molecule has 2 aromatic heterocycles. The molecule has 1 fully saturated rings. The Morgan fingerprint density at radius 3 is 2.93 bits per heavy atom. The van der Waals surface area contributed by atoms with E-state index in [1.54, 1.807) is 11.1 Å². The summed E-state index contributed by atoms with van der Waals surface area (Å²) in [7, 11) is 0. The second-order valence-electron chi connectivity index (χ2n) is 6.88. The minimum absolute atomic E-state index is 0.0577. The average Bonchev–Trinajstić information content (AvgIpc) is 3.20. The predicted octanol–water partition coefficient (Wildman–Crippen LogP) is 2.88. The van der Waals surface area contributed by atoms with Gasteiger partial charge in [0, 0.05) is 36.3 Å². The fraction of sp³-hybridized carbons (Fsp3) is 0.286. The fourth-order valence-corrected chi connectivity index (χ4v) is 3.51. The summed E-state index contributed by atoms with van der Waals surface area (Å²) >= 11 is 0. The van der Waals surface area contributed by atoms with E-state index in [0.717, 1.165) is 18.5 Å². The number of aromatic nitrogens is 2. The van der Waals surface area contributed by atoms with Gasteiger partial charge < -0.3 is 14.6 Å². The molecule has 0 unspecified atom stereocenters. The van der Waals surface area contributed by atoms with E-state index in [2.05, 4.69) is 9.97 Å². The lowest BCUT2D eigenvalue weighted by molar-refractivity contribution is 0.0505. The molecule has 0 saturated carbocycles. The Morgan fingerprint density at radius 1 is 1.29 bits per heavy atom. The van der Waals surface area contributed by atoms with E-state index in [-0.39, 0.29) is 24.1 Å². The second-order valence-corrected chi connectivity index (χ2v) is 6.88. The first-order valence-electron chi connectivity index (χ1n) is 9.23. The molecular weight excluding hydrogens is 361 g/mol. The van der Waals surface area contributed by atoms with E-state index in [4.69, 9.17) is 4.74 Å². The first-order valence-corrected chi connectivity index (χ1v) is 9.23. The molecule has 1 aliphatic heterocycles. The highest BCUT2D eigenvalue weighted by molar-refractivity contribution is 6.05. The first kappa shape index (κ1) is 18.3. The standard InChI is InChI=1S/C21H20FN3O3/c22-14-6-7-19-17(10-14)18(11-20(26)24-19)21(27)25(13-16-5-3-9-28-16)12-15-4-1-2-8-23-15/h1-2,4,6-8,10-11,16H,3,5,9,12-13H2,(H,24,26)/t16-/m0/s1. The van der Waals surface area contributed by atoms with Gasteiger partial charge in [-0.2, -0.15) is 0 Å². The van der Waals surface area contributed by atoms with Gasteiger partial charge in [0.25, 0.3) is 5.91 Å². The number of hydrogen-bond donors (Lipinski definition) is 1. The highest BCUT2D eigenvalue weighted by Crippen LogP contribution is 2.21. The number of nitrogens with zero attached hydrogens (tertiary/aromatic N) is 2. The van der Waals surface area contributed by atoms with Crippen LogP contribution in [-0.4, -0.2) is 40.0 Å². The van der Waals surface area contributed by atoms with Crippen LogP contribution in [-0.2, 0) is 11.3 Å². The summed E-state index contributed by atoms with van der Waals surface area (Å²) in [5.41, 5.74) is 0.922. The van der Waals surface area contributed by atoms with E-state index in [0.29, 0.717) is 24.1 Å². The van der Waals surface area contributed by atoms with Crippen molar-refractivity contribution in [1.82, 2.24) is 14.9 Å². The van der Waals surface area contributed by atoms with E-state index in [1.807, 2.05) is 18.2 Å². The SMILES string of the molecule is O=C(c1cc(=O)[nH]c2ccc(F)cc12)N(Cc1ccccn1)C[C@@H]1CCCO1. The van der Waals surface area contributed by atoms with Gasteiger partial charge in [-0.15, -0.1) is 0 Å². The normalized spacial score (nSPS) is 16.4. The van der Waals surface area contributed by atoms with E-state index in [1.165, 1.54) is 24.3 Å². The van der Waals surface area contributed by atoms with Crippen LogP contribution in [0.15, 0.2) is 53.5 Å². The molecule has 7 heteroatoms. The van der Waals surface area contributed by atoms with Crippen LogP contribution in [0.3, 0.4) is 0 Å². The quantitative estimate of drug-likeness (QED) is 0.737. The number of hydrogen-bond acceptors (Lipinski definition) is 4. The van der Waals surface area contributed by atoms with Gasteiger partial charge in [0.1, 0.15) is 5.82 Å². The van der Waals surface area contributed by atoms with Gasteiger partial charge in [-0.25, -0.2) is 4.39 Å². The highest BCUT2D eigenvalue weighted by Gasteiger charge is 2.25. The summed E-state index contributed by atoms with van der Waals surface area (Å²) in [5.74, 6) is -0.813. The van der Waals surface area contributed by atoms with Crippen LogP contribution in [0.4, 0.5) is 4.39 Å². The van der Waals surface area contributed by atoms with Crippen molar-refractivity contribution in [3.05, 3.63) is 76.1 Å². The number of amides is 1. The lowest BCUT2D eigenvalue weighted by Gasteiger charge is -2.25. The third kappa shape index (κ3) is 3.94. The molecule has 0 spiro atoms. The predicted molar refractivity (Wildman–Crippen MR) is 102 cm³/mol. The minimum atomic E-state index is -0.469. The Hall–Kier alpha value is -3.06. The molecule has 0 radical (unpaired) electrons. The summed E-state index contributed by atoms with van der Waals surface area (Å²) in [5, 5.41) is 0.378. The molecule has 1 N–H and O–H groups in total. The topological polar surface area (TPSA) is 75.3 Å². The fourth-order valence-electron chi connectivity index (χ4n) is 3.51. The Bertz CT molecular complexity index is 1050. The molecular formula is C21H20FN3O3. The van der Waals surface area contributed by atoms with Crippen molar-refractivity contribution >= 4 is 16.8 Å². The van der Waals surface area contributed by atoms with Gasteiger partial charge in [0.15, 0.2) is 0 Å². The number of fused-ring (bicyclic) bond motifs is 1. The summed E-state index contributed by atoms with van der Waals surface area (Å²) in [6, 6.07) is 10.7. The molecule has 1 aliphatic rings. The molecule has 28 heavy (non-hydrogen) atoms. The summed E-state index contributed by atoms with van der Waals surface area (Å²) in [6.45, 7) is 1.34. The zero-order valence-corrected chi connectivity index (χ0v) is 15.2. The largest absolute Gasteiger partial charge is 0.376 e. The number of carbonyl (C=O) groups is 1. The molecule has 6 nitrogen and oxygen atoms in total. The van der Waals surface area contributed by atoms with Gasteiger partial charge in [-0.1, -0.05) is 6.07 Å². The third-order valence-electron chi connectivity index (χ3n) is 4.85. The Kier molecular flexibility index (Phi) is 5.16. The lowest BCUT2D eigenvalue weighted by atomic mass is 10.1. The molecule has 1 atom stereocenters. The van der Waals surface area contributed by atoms with Crippen LogP contribution >= 0.6 is 0 Å². The molecule has 1 amide bonds. The highest BCUT2D eigenvalue weighted by atomic mass is 19.1. The Balaban J connectivity index is 1.73. The summed E-state index contributed by atoms with van der Waals surface area (Å²) < 4.78 is 19.5. The van der Waals surface area contributed by atoms with Gasteiger partial charge in [0.2, 0.25) is 5.56 Å². The number of pyridine rings is 2. The molecule has 1 aromatic carbocycles. The lowest BCUT2D eigenvalue weighted by Crippen LogP contribution is -2.37. The molecule has 1 saturated heterocycles. The van der Waals surface area contributed by atoms with Gasteiger partial charge in [-0.05, 0) is 43.2 Å². The number of benzene rings is 1. The van der Waals surface area contributed by atoms with Crippen LogP contribution in [0.1, 0.15) is 28.9 Å². The van der Waals surface area contributed by atoms with E-state index < -0.39 is 11.4 Å². The number of aromatic amines is 1. The number of ether oxygens (including phenoxy) is 1. The molecule has 144 valence electrons. The van der Waals surface area contributed by atoms with Crippen LogP contribution in [0.2, 0.25) is 0 Å². The number of H-pyrrole nitrogens is 1. The molecule has 3 aromatic rings. The maximum absolute atomic E-state index is 13.8. The molecule has 0 bridgehead atoms. The van der Waals surface area contributed by atoms with Crippen LogP contribution in [0, 0.1) is 5.82 Å². The van der Waals surface area contributed by atoms with Crippen LogP contribution in [0.5, 0.6) is 0 Å². The van der Waals surface area contributed by atoms with E-state index >= 15 is 0 Å². The van der Waals surface area contributed by atoms with Gasteiger partial charge in [0.05, 0.1) is 23.9 Å². The second kappa shape index (κ2) is 7.90.